The van der Waals surface area contributed by atoms with Crippen molar-refractivity contribution < 1.29 is 23.9 Å². The van der Waals surface area contributed by atoms with Gasteiger partial charge in [-0.3, -0.25) is 9.59 Å². The molecule has 0 amide bonds. The highest BCUT2D eigenvalue weighted by atomic mass is 16.7. The highest BCUT2D eigenvalue weighted by Gasteiger charge is 2.29. The van der Waals surface area contributed by atoms with E-state index in [1.54, 1.807) is 5.06 Å². The summed E-state index contributed by atoms with van der Waals surface area (Å²) < 4.78 is 13.4. The Kier molecular flexibility index (Phi) is 5.14. The summed E-state index contributed by atoms with van der Waals surface area (Å²) >= 11 is 0. The van der Waals surface area contributed by atoms with Crippen LogP contribution in [0.3, 0.4) is 0 Å². The molecule has 180 valence electrons. The van der Waals surface area contributed by atoms with Crippen LogP contribution in [0.1, 0.15) is 30.0 Å². The Morgan fingerprint density at radius 3 is 2.86 bits per heavy atom. The molecule has 9 heteroatoms. The quantitative estimate of drug-likeness (QED) is 0.581. The number of allylic oxidation sites excluding steroid dienone is 1. The van der Waals surface area contributed by atoms with Crippen molar-refractivity contribution >= 4 is 45.7 Å². The molecule has 3 aliphatic rings. The molecule has 9 nitrogen and oxygen atoms in total. The van der Waals surface area contributed by atoms with Crippen LogP contribution in [0.5, 0.6) is 11.5 Å². The SMILES string of the molecule is CC(=O)ON1CCNc2c1ccc1c2C=C(c2cn(CCCN)c3cc4c(cc23)OCO4)C(=O)C1. The van der Waals surface area contributed by atoms with E-state index >= 15 is 0 Å². The molecule has 3 N–H and O–H groups in total. The predicted octanol–water partition coefficient (Wildman–Crippen LogP) is 3.09. The summed E-state index contributed by atoms with van der Waals surface area (Å²) in [6, 6.07) is 7.76. The molecular formula is C26H26N4O5. The maximum Gasteiger partial charge on any atom is 0.329 e. The summed E-state index contributed by atoms with van der Waals surface area (Å²) in [7, 11) is 0. The second-order valence-electron chi connectivity index (χ2n) is 8.90. The molecule has 2 aromatic carbocycles. The van der Waals surface area contributed by atoms with Gasteiger partial charge in [0.2, 0.25) is 6.79 Å². The average Bonchev–Trinajstić information content (AvgIpc) is 3.44. The zero-order valence-corrected chi connectivity index (χ0v) is 19.4. The van der Waals surface area contributed by atoms with Gasteiger partial charge in [-0.25, -0.2) is 5.06 Å². The fourth-order valence-electron chi connectivity index (χ4n) is 5.08. The minimum absolute atomic E-state index is 0.0562. The monoisotopic (exact) mass is 474 g/mol. The molecule has 0 bridgehead atoms. The van der Waals surface area contributed by atoms with Crippen LogP contribution in [0.4, 0.5) is 11.4 Å². The van der Waals surface area contributed by atoms with Gasteiger partial charge in [-0.1, -0.05) is 6.07 Å². The molecule has 3 aromatic rings. The number of Topliss-reactive ketones (excluding diaryl/α,β-unsaturated/α-hetero) is 1. The Morgan fingerprint density at radius 2 is 2.06 bits per heavy atom. The van der Waals surface area contributed by atoms with Gasteiger partial charge < -0.3 is 29.9 Å². The number of nitrogens with one attached hydrogen (secondary N) is 1. The number of anilines is 2. The van der Waals surface area contributed by atoms with Crippen LogP contribution in [-0.2, 0) is 27.4 Å². The van der Waals surface area contributed by atoms with Crippen molar-refractivity contribution in [2.75, 3.05) is 36.8 Å². The molecule has 0 saturated carbocycles. The number of benzene rings is 2. The topological polar surface area (TPSA) is 108 Å². The molecule has 1 aliphatic carbocycles. The minimum atomic E-state index is -0.369. The number of hydroxylamine groups is 1. The van der Waals surface area contributed by atoms with Crippen LogP contribution < -0.4 is 25.6 Å². The van der Waals surface area contributed by atoms with Gasteiger partial charge in [-0.15, -0.1) is 0 Å². The van der Waals surface area contributed by atoms with Gasteiger partial charge in [0, 0.05) is 60.8 Å². The van der Waals surface area contributed by atoms with Crippen molar-refractivity contribution in [3.8, 4) is 11.5 Å². The van der Waals surface area contributed by atoms with Crippen LogP contribution >= 0.6 is 0 Å². The molecule has 2 aliphatic heterocycles. The number of ketones is 1. The number of nitrogens with zero attached hydrogens (tertiary/aromatic N) is 2. The van der Waals surface area contributed by atoms with E-state index in [1.165, 1.54) is 6.92 Å². The summed E-state index contributed by atoms with van der Waals surface area (Å²) in [6.07, 6.45) is 5.09. The summed E-state index contributed by atoms with van der Waals surface area (Å²) in [6.45, 7) is 4.05. The van der Waals surface area contributed by atoms with E-state index in [0.29, 0.717) is 43.1 Å². The number of carbonyl (C=O) groups excluding carboxylic acids is 2. The van der Waals surface area contributed by atoms with Gasteiger partial charge in [0.15, 0.2) is 17.3 Å². The first-order valence-electron chi connectivity index (χ1n) is 11.8. The first-order valence-corrected chi connectivity index (χ1v) is 11.8. The molecule has 6 rings (SSSR count). The lowest BCUT2D eigenvalue weighted by Gasteiger charge is -2.32. The van der Waals surface area contributed by atoms with Crippen LogP contribution in [0.2, 0.25) is 0 Å². The molecule has 0 saturated heterocycles. The number of aryl methyl sites for hydroxylation is 1. The Hall–Kier alpha value is -3.98. The fourth-order valence-corrected chi connectivity index (χ4v) is 5.08. The molecule has 3 heterocycles. The largest absolute Gasteiger partial charge is 0.454 e. The second kappa shape index (κ2) is 8.35. The molecule has 0 atom stereocenters. The number of nitrogens with two attached hydrogens (primary N) is 1. The van der Waals surface area contributed by atoms with Crippen molar-refractivity contribution in [2.45, 2.75) is 26.3 Å². The van der Waals surface area contributed by atoms with Crippen LogP contribution in [0.25, 0.3) is 22.6 Å². The van der Waals surface area contributed by atoms with Gasteiger partial charge in [-0.05, 0) is 36.7 Å². The number of rotatable bonds is 5. The predicted molar refractivity (Wildman–Crippen MR) is 132 cm³/mol. The Labute approximate surface area is 202 Å². The number of fused-ring (bicyclic) bond motifs is 5. The number of ether oxygens (including phenoxy) is 2. The summed E-state index contributed by atoms with van der Waals surface area (Å²) in [5, 5.41) is 5.99. The third kappa shape index (κ3) is 3.59. The first-order chi connectivity index (χ1) is 17.0. The third-order valence-corrected chi connectivity index (χ3v) is 6.65. The van der Waals surface area contributed by atoms with E-state index < -0.39 is 0 Å². The summed E-state index contributed by atoms with van der Waals surface area (Å²) in [5.41, 5.74) is 11.8. The maximum absolute atomic E-state index is 13.4. The van der Waals surface area contributed by atoms with Crippen molar-refractivity contribution in [1.29, 1.82) is 0 Å². The number of hydrogen-bond acceptors (Lipinski definition) is 8. The molecule has 0 spiro atoms. The van der Waals surface area contributed by atoms with E-state index in [1.807, 2.05) is 36.5 Å². The lowest BCUT2D eigenvalue weighted by Crippen LogP contribution is -2.36. The van der Waals surface area contributed by atoms with E-state index in [0.717, 1.165) is 51.9 Å². The lowest BCUT2D eigenvalue weighted by atomic mass is 9.86. The smallest absolute Gasteiger partial charge is 0.329 e. The van der Waals surface area contributed by atoms with Gasteiger partial charge in [0.25, 0.3) is 0 Å². The van der Waals surface area contributed by atoms with Crippen LogP contribution in [-0.4, -0.2) is 42.7 Å². The summed E-state index contributed by atoms with van der Waals surface area (Å²) in [4.78, 5) is 30.4. The van der Waals surface area contributed by atoms with Gasteiger partial charge >= 0.3 is 5.97 Å². The number of aromatic nitrogens is 1. The van der Waals surface area contributed by atoms with Crippen molar-refractivity contribution in [3.05, 3.63) is 47.2 Å². The molecule has 0 fully saturated rings. The second-order valence-corrected chi connectivity index (χ2v) is 8.90. The normalized spacial score (nSPS) is 16.0. The highest BCUT2D eigenvalue weighted by molar-refractivity contribution is 6.30. The Bertz CT molecular complexity index is 1410. The Balaban J connectivity index is 1.50. The fraction of sp³-hybridized carbons (Fsp3) is 0.308. The summed E-state index contributed by atoms with van der Waals surface area (Å²) in [5.74, 6) is 1.07. The van der Waals surface area contributed by atoms with E-state index in [4.69, 9.17) is 20.0 Å². The third-order valence-electron chi connectivity index (χ3n) is 6.65. The zero-order valence-electron chi connectivity index (χ0n) is 19.4. The average molecular weight is 475 g/mol. The molecule has 35 heavy (non-hydrogen) atoms. The number of carbonyl (C=O) groups is 2. The molecular weight excluding hydrogens is 448 g/mol. The van der Waals surface area contributed by atoms with E-state index in [2.05, 4.69) is 9.88 Å². The lowest BCUT2D eigenvalue weighted by molar-refractivity contribution is -0.142. The van der Waals surface area contributed by atoms with Gasteiger partial charge in [0.05, 0.1) is 23.4 Å². The highest BCUT2D eigenvalue weighted by Crippen LogP contribution is 2.43. The molecule has 0 radical (unpaired) electrons. The molecule has 0 unspecified atom stereocenters. The van der Waals surface area contributed by atoms with Crippen molar-refractivity contribution in [1.82, 2.24) is 4.57 Å². The van der Waals surface area contributed by atoms with Gasteiger partial charge in [-0.2, -0.15) is 0 Å². The minimum Gasteiger partial charge on any atom is -0.454 e. The van der Waals surface area contributed by atoms with Crippen LogP contribution in [0.15, 0.2) is 30.5 Å². The van der Waals surface area contributed by atoms with Crippen LogP contribution in [0, 0.1) is 0 Å². The standard InChI is InChI=1S/C26H26N4O5/c1-15(31)35-30-8-6-28-26-17-10-19(23(32)9-16(17)3-4-21(26)30)20-13-29(7-2-5-27)22-12-25-24(11-18(20)22)33-14-34-25/h3-4,10-13,28H,2,5-9,14,27H2,1H3. The number of hydrogen-bond donors (Lipinski definition) is 2. The van der Waals surface area contributed by atoms with E-state index in [-0.39, 0.29) is 18.5 Å². The van der Waals surface area contributed by atoms with E-state index in [9.17, 15) is 9.59 Å². The zero-order chi connectivity index (χ0) is 24.1. The maximum atomic E-state index is 13.4. The van der Waals surface area contributed by atoms with Gasteiger partial charge in [0.1, 0.15) is 0 Å². The van der Waals surface area contributed by atoms with Crippen molar-refractivity contribution in [3.63, 3.8) is 0 Å². The first kappa shape index (κ1) is 21.5. The molecule has 1 aromatic heterocycles. The van der Waals surface area contributed by atoms with Crippen molar-refractivity contribution in [2.24, 2.45) is 5.73 Å². The Morgan fingerprint density at radius 1 is 1.23 bits per heavy atom.